The van der Waals surface area contributed by atoms with Gasteiger partial charge in [-0.25, -0.2) is 4.90 Å². The second-order valence-corrected chi connectivity index (χ2v) is 9.58. The Bertz CT molecular complexity index is 1570. The standard InChI is InChI=1S/C34H28N2O2/c1-2-3-11-24-18-20-27(21-19-24)36-33(37)29-17-10-16-28-31(23-22-30(32(28)29)34(36)38)35(25-12-6-4-7-13-25)26-14-8-5-9-15-26/h4-10,12-23H,2-3,11H2,1H3. The third kappa shape index (κ3) is 4.04. The second kappa shape index (κ2) is 9.98. The van der Waals surface area contributed by atoms with Crippen LogP contribution in [0.15, 0.2) is 115 Å². The molecule has 186 valence electrons. The first kappa shape index (κ1) is 23.7. The lowest BCUT2D eigenvalue weighted by atomic mass is 9.92. The Hall–Kier alpha value is -4.70. The number of hydrogen-bond donors (Lipinski definition) is 0. The van der Waals surface area contributed by atoms with Crippen molar-refractivity contribution in [2.24, 2.45) is 0 Å². The number of imide groups is 1. The molecule has 0 atom stereocenters. The van der Waals surface area contributed by atoms with Crippen molar-refractivity contribution in [1.82, 2.24) is 0 Å². The van der Waals surface area contributed by atoms with E-state index in [1.165, 1.54) is 10.5 Å². The highest BCUT2D eigenvalue weighted by atomic mass is 16.2. The van der Waals surface area contributed by atoms with Gasteiger partial charge in [0.2, 0.25) is 0 Å². The van der Waals surface area contributed by atoms with Gasteiger partial charge >= 0.3 is 0 Å². The number of unbranched alkanes of at least 4 members (excludes halogenated alkanes) is 1. The maximum atomic E-state index is 13.8. The number of rotatable bonds is 7. The van der Waals surface area contributed by atoms with Crippen LogP contribution in [0.1, 0.15) is 46.0 Å². The average molecular weight is 497 g/mol. The van der Waals surface area contributed by atoms with Crippen LogP contribution in [0, 0.1) is 0 Å². The number of carbonyl (C=O) groups excluding carboxylic acids is 2. The van der Waals surface area contributed by atoms with E-state index in [1.807, 2.05) is 91.0 Å². The second-order valence-electron chi connectivity index (χ2n) is 9.58. The Morgan fingerprint density at radius 3 is 1.84 bits per heavy atom. The van der Waals surface area contributed by atoms with E-state index in [0.717, 1.165) is 41.7 Å². The summed E-state index contributed by atoms with van der Waals surface area (Å²) in [5.41, 5.74) is 5.79. The van der Waals surface area contributed by atoms with Gasteiger partial charge in [0.05, 0.1) is 11.4 Å². The van der Waals surface area contributed by atoms with Gasteiger partial charge in [0.25, 0.3) is 11.8 Å². The molecule has 0 spiro atoms. The first-order valence-electron chi connectivity index (χ1n) is 13.1. The fourth-order valence-electron chi connectivity index (χ4n) is 5.28. The molecule has 5 aromatic carbocycles. The van der Waals surface area contributed by atoms with Gasteiger partial charge in [-0.05, 0) is 73.0 Å². The monoisotopic (exact) mass is 496 g/mol. The molecule has 4 heteroatoms. The van der Waals surface area contributed by atoms with Gasteiger partial charge in [-0.1, -0.05) is 74.0 Å². The van der Waals surface area contributed by atoms with E-state index >= 15 is 0 Å². The van der Waals surface area contributed by atoms with Crippen molar-refractivity contribution < 1.29 is 9.59 Å². The Balaban J connectivity index is 1.48. The third-order valence-electron chi connectivity index (χ3n) is 7.17. The topological polar surface area (TPSA) is 40.6 Å². The first-order valence-corrected chi connectivity index (χ1v) is 13.1. The minimum atomic E-state index is -0.294. The summed E-state index contributed by atoms with van der Waals surface area (Å²) >= 11 is 0. The molecule has 1 aliphatic heterocycles. The molecular weight excluding hydrogens is 468 g/mol. The van der Waals surface area contributed by atoms with E-state index < -0.39 is 0 Å². The lowest BCUT2D eigenvalue weighted by Crippen LogP contribution is -2.40. The van der Waals surface area contributed by atoms with Gasteiger partial charge in [-0.3, -0.25) is 9.59 Å². The molecule has 0 N–H and O–H groups in total. The van der Waals surface area contributed by atoms with E-state index in [-0.39, 0.29) is 11.8 Å². The minimum Gasteiger partial charge on any atom is -0.310 e. The lowest BCUT2D eigenvalue weighted by molar-refractivity contribution is 0.0893. The van der Waals surface area contributed by atoms with Crippen molar-refractivity contribution >= 4 is 45.3 Å². The molecule has 0 aliphatic carbocycles. The van der Waals surface area contributed by atoms with Crippen LogP contribution < -0.4 is 9.80 Å². The van der Waals surface area contributed by atoms with Gasteiger partial charge in [0.1, 0.15) is 0 Å². The molecule has 5 aromatic rings. The Morgan fingerprint density at radius 1 is 0.632 bits per heavy atom. The van der Waals surface area contributed by atoms with Crippen LogP contribution in [0.4, 0.5) is 22.7 Å². The normalized spacial score (nSPS) is 12.7. The zero-order valence-electron chi connectivity index (χ0n) is 21.3. The van der Waals surface area contributed by atoms with Crippen molar-refractivity contribution in [2.75, 3.05) is 9.80 Å². The number of para-hydroxylation sites is 2. The molecule has 0 fully saturated rings. The molecule has 0 radical (unpaired) electrons. The Labute approximate surface area is 222 Å². The zero-order valence-corrected chi connectivity index (χ0v) is 21.3. The quantitative estimate of drug-likeness (QED) is 0.212. The van der Waals surface area contributed by atoms with Crippen LogP contribution in [0.3, 0.4) is 0 Å². The summed E-state index contributed by atoms with van der Waals surface area (Å²) in [7, 11) is 0. The van der Waals surface area contributed by atoms with Crippen molar-refractivity contribution in [1.29, 1.82) is 0 Å². The van der Waals surface area contributed by atoms with Crippen molar-refractivity contribution in [2.45, 2.75) is 26.2 Å². The molecule has 1 aliphatic rings. The maximum absolute atomic E-state index is 13.8. The largest absolute Gasteiger partial charge is 0.310 e. The van der Waals surface area contributed by atoms with Crippen LogP contribution in [-0.2, 0) is 6.42 Å². The SMILES string of the molecule is CCCCc1ccc(N2C(=O)c3cccc4c(N(c5ccccc5)c5ccccc5)ccc(c34)C2=O)cc1. The number of hydrogen-bond acceptors (Lipinski definition) is 3. The van der Waals surface area contributed by atoms with Crippen LogP contribution in [0.25, 0.3) is 10.8 Å². The highest BCUT2D eigenvalue weighted by Gasteiger charge is 2.35. The maximum Gasteiger partial charge on any atom is 0.265 e. The van der Waals surface area contributed by atoms with E-state index in [4.69, 9.17) is 0 Å². The molecule has 0 aromatic heterocycles. The van der Waals surface area contributed by atoms with Crippen LogP contribution >= 0.6 is 0 Å². The highest BCUT2D eigenvalue weighted by molar-refractivity contribution is 6.36. The Kier molecular flexibility index (Phi) is 6.22. The summed E-state index contributed by atoms with van der Waals surface area (Å²) < 4.78 is 0. The predicted molar refractivity (Wildman–Crippen MR) is 155 cm³/mol. The summed E-state index contributed by atoms with van der Waals surface area (Å²) in [6.45, 7) is 2.17. The number of amides is 2. The summed E-state index contributed by atoms with van der Waals surface area (Å²) in [6, 6.07) is 37.6. The zero-order chi connectivity index (χ0) is 26.1. The molecule has 2 amide bonds. The fourth-order valence-corrected chi connectivity index (χ4v) is 5.28. The van der Waals surface area contributed by atoms with Gasteiger partial charge in [-0.15, -0.1) is 0 Å². The number of aryl methyl sites for hydroxylation is 1. The molecule has 1 heterocycles. The number of carbonyl (C=O) groups is 2. The summed E-state index contributed by atoms with van der Waals surface area (Å²) in [5, 5.41) is 1.57. The fraction of sp³-hybridized carbons (Fsp3) is 0.118. The summed E-state index contributed by atoms with van der Waals surface area (Å²) in [4.78, 5) is 31.0. The van der Waals surface area contributed by atoms with Gasteiger partial charge in [0.15, 0.2) is 0 Å². The van der Waals surface area contributed by atoms with Gasteiger partial charge in [-0.2, -0.15) is 0 Å². The first-order chi connectivity index (χ1) is 18.7. The van der Waals surface area contributed by atoms with E-state index in [2.05, 4.69) is 36.1 Å². The molecule has 0 bridgehead atoms. The number of nitrogens with zero attached hydrogens (tertiary/aromatic N) is 2. The van der Waals surface area contributed by atoms with Crippen molar-refractivity contribution in [3.05, 3.63) is 132 Å². The molecule has 4 nitrogen and oxygen atoms in total. The van der Waals surface area contributed by atoms with E-state index in [1.54, 1.807) is 0 Å². The van der Waals surface area contributed by atoms with E-state index in [9.17, 15) is 9.59 Å². The van der Waals surface area contributed by atoms with Gasteiger partial charge < -0.3 is 4.90 Å². The molecule has 0 saturated carbocycles. The van der Waals surface area contributed by atoms with Crippen molar-refractivity contribution in [3.63, 3.8) is 0 Å². The van der Waals surface area contributed by atoms with Crippen LogP contribution in [-0.4, -0.2) is 11.8 Å². The molecule has 0 saturated heterocycles. The smallest absolute Gasteiger partial charge is 0.265 e. The average Bonchev–Trinajstić information content (AvgIpc) is 2.97. The molecule has 6 rings (SSSR count). The Morgan fingerprint density at radius 2 is 1.24 bits per heavy atom. The lowest BCUT2D eigenvalue weighted by Gasteiger charge is -2.31. The van der Waals surface area contributed by atoms with Gasteiger partial charge in [0, 0.05) is 33.3 Å². The summed E-state index contributed by atoms with van der Waals surface area (Å²) in [5.74, 6) is -0.588. The van der Waals surface area contributed by atoms with Crippen LogP contribution in [0.2, 0.25) is 0 Å². The van der Waals surface area contributed by atoms with Crippen LogP contribution in [0.5, 0.6) is 0 Å². The summed E-state index contributed by atoms with van der Waals surface area (Å²) in [6.07, 6.45) is 3.23. The van der Waals surface area contributed by atoms with E-state index in [0.29, 0.717) is 22.2 Å². The molecule has 0 unspecified atom stereocenters. The predicted octanol–water partition coefficient (Wildman–Crippen LogP) is 8.45. The van der Waals surface area contributed by atoms with Crippen molar-refractivity contribution in [3.8, 4) is 0 Å². The third-order valence-corrected chi connectivity index (χ3v) is 7.17. The minimum absolute atomic E-state index is 0.294. The molecule has 38 heavy (non-hydrogen) atoms. The molecular formula is C34H28N2O2. The number of anilines is 4. The number of benzene rings is 5. The highest BCUT2D eigenvalue weighted by Crippen LogP contribution is 2.42.